The van der Waals surface area contributed by atoms with Crippen molar-refractivity contribution in [3.8, 4) is 11.3 Å². The molecule has 2 aromatic rings. The molecule has 6 nitrogen and oxygen atoms in total. The van der Waals surface area contributed by atoms with Crippen LogP contribution < -0.4 is 5.32 Å². The highest BCUT2D eigenvalue weighted by atomic mass is 16.2. The molecule has 1 unspecified atom stereocenters. The van der Waals surface area contributed by atoms with E-state index < -0.39 is 0 Å². The number of carbonyl (C=O) groups is 3. The zero-order valence-electron chi connectivity index (χ0n) is 14.9. The van der Waals surface area contributed by atoms with E-state index in [1.54, 1.807) is 11.1 Å². The molecule has 0 fully saturated rings. The van der Waals surface area contributed by atoms with Crippen molar-refractivity contribution < 1.29 is 14.4 Å². The number of benzene rings is 1. The lowest BCUT2D eigenvalue weighted by molar-refractivity contribution is -0.125. The van der Waals surface area contributed by atoms with Gasteiger partial charge >= 0.3 is 0 Å². The minimum atomic E-state index is -0.329. The number of rotatable bonds is 6. The Morgan fingerprint density at radius 2 is 2.15 bits per heavy atom. The molecule has 1 atom stereocenters. The van der Waals surface area contributed by atoms with Crippen LogP contribution in [0.25, 0.3) is 11.3 Å². The van der Waals surface area contributed by atoms with Crippen molar-refractivity contribution in [1.82, 2.24) is 15.2 Å². The van der Waals surface area contributed by atoms with Crippen LogP contribution in [0.4, 0.5) is 0 Å². The maximum absolute atomic E-state index is 12.8. The Morgan fingerprint density at radius 3 is 2.85 bits per heavy atom. The van der Waals surface area contributed by atoms with Gasteiger partial charge in [0.2, 0.25) is 12.3 Å². The summed E-state index contributed by atoms with van der Waals surface area (Å²) < 4.78 is 0. The SMILES string of the molecule is Cc1cc2c(cc1-c1ccccn1)CN(C(C)CCC(=O)NC=O)C2=O. The molecule has 3 rings (SSSR count). The standard InChI is InChI=1S/C20H21N3O3/c1-13-9-17-15(10-16(13)18-5-3-4-8-21-18)11-23(20(17)26)14(2)6-7-19(25)22-12-24/h3-5,8-10,12,14H,6-7,11H2,1-2H3,(H,22,24,25). The fraction of sp³-hybridized carbons (Fsp3) is 0.300. The van der Waals surface area contributed by atoms with Gasteiger partial charge in [0.25, 0.3) is 5.91 Å². The Balaban J connectivity index is 1.78. The van der Waals surface area contributed by atoms with Crippen molar-refractivity contribution >= 4 is 18.2 Å². The van der Waals surface area contributed by atoms with Gasteiger partial charge in [-0.2, -0.15) is 0 Å². The van der Waals surface area contributed by atoms with Crippen LogP contribution >= 0.6 is 0 Å². The first-order valence-electron chi connectivity index (χ1n) is 8.60. The highest BCUT2D eigenvalue weighted by Crippen LogP contribution is 2.32. The molecule has 3 amide bonds. The van der Waals surface area contributed by atoms with E-state index in [0.29, 0.717) is 24.9 Å². The molecule has 0 saturated carbocycles. The van der Waals surface area contributed by atoms with E-state index in [9.17, 15) is 14.4 Å². The van der Waals surface area contributed by atoms with Gasteiger partial charge in [-0.05, 0) is 55.7 Å². The third-order valence-electron chi connectivity index (χ3n) is 4.76. The van der Waals surface area contributed by atoms with E-state index in [0.717, 1.165) is 22.4 Å². The van der Waals surface area contributed by atoms with E-state index >= 15 is 0 Å². The maximum atomic E-state index is 12.8. The lowest BCUT2D eigenvalue weighted by atomic mass is 9.98. The van der Waals surface area contributed by atoms with E-state index in [1.807, 2.05) is 44.2 Å². The molecule has 134 valence electrons. The predicted octanol–water partition coefficient (Wildman–Crippen LogP) is 2.45. The highest BCUT2D eigenvalue weighted by molar-refractivity contribution is 5.99. The molecule has 6 heteroatoms. The lowest BCUT2D eigenvalue weighted by Gasteiger charge is -2.23. The number of nitrogens with one attached hydrogen (secondary N) is 1. The third kappa shape index (κ3) is 3.49. The number of hydrogen-bond donors (Lipinski definition) is 1. The number of nitrogens with zero attached hydrogens (tertiary/aromatic N) is 2. The maximum Gasteiger partial charge on any atom is 0.254 e. The van der Waals surface area contributed by atoms with Crippen LogP contribution in [-0.2, 0) is 16.1 Å². The van der Waals surface area contributed by atoms with Crippen LogP contribution in [0.15, 0.2) is 36.5 Å². The summed E-state index contributed by atoms with van der Waals surface area (Å²) in [6.07, 6.45) is 2.85. The molecule has 1 aliphatic heterocycles. The van der Waals surface area contributed by atoms with Gasteiger partial charge in [0, 0.05) is 36.3 Å². The first kappa shape index (κ1) is 17.8. The smallest absolute Gasteiger partial charge is 0.254 e. The second-order valence-electron chi connectivity index (χ2n) is 6.55. The zero-order chi connectivity index (χ0) is 18.7. The summed E-state index contributed by atoms with van der Waals surface area (Å²) in [5, 5.41) is 2.12. The normalized spacial score (nSPS) is 14.1. The summed E-state index contributed by atoms with van der Waals surface area (Å²) in [7, 11) is 0. The summed E-state index contributed by atoms with van der Waals surface area (Å²) in [5.41, 5.74) is 4.61. The zero-order valence-corrected chi connectivity index (χ0v) is 14.9. The van der Waals surface area contributed by atoms with Gasteiger partial charge in [0.1, 0.15) is 0 Å². The first-order valence-corrected chi connectivity index (χ1v) is 8.60. The molecule has 0 saturated heterocycles. The van der Waals surface area contributed by atoms with Gasteiger partial charge in [0.05, 0.1) is 5.69 Å². The van der Waals surface area contributed by atoms with Gasteiger partial charge in [-0.3, -0.25) is 24.7 Å². The topological polar surface area (TPSA) is 79.4 Å². The van der Waals surface area contributed by atoms with Crippen molar-refractivity contribution in [1.29, 1.82) is 0 Å². The Morgan fingerprint density at radius 1 is 1.35 bits per heavy atom. The number of aryl methyl sites for hydroxylation is 1. The lowest BCUT2D eigenvalue weighted by Crippen LogP contribution is -2.34. The Bertz CT molecular complexity index is 849. The minimum absolute atomic E-state index is 0.0148. The number of amides is 3. The number of carbonyl (C=O) groups excluding carboxylic acids is 3. The fourth-order valence-electron chi connectivity index (χ4n) is 3.28. The van der Waals surface area contributed by atoms with E-state index in [2.05, 4.69) is 10.3 Å². The number of hydrogen-bond acceptors (Lipinski definition) is 4. The summed E-state index contributed by atoms with van der Waals surface area (Å²) in [6, 6.07) is 9.64. The summed E-state index contributed by atoms with van der Waals surface area (Å²) in [5.74, 6) is -0.344. The summed E-state index contributed by atoms with van der Waals surface area (Å²) >= 11 is 0. The van der Waals surface area contributed by atoms with Gasteiger partial charge in [0.15, 0.2) is 0 Å². The van der Waals surface area contributed by atoms with Crippen LogP contribution in [0, 0.1) is 6.92 Å². The molecule has 26 heavy (non-hydrogen) atoms. The second-order valence-corrected chi connectivity index (χ2v) is 6.55. The van der Waals surface area contributed by atoms with Crippen molar-refractivity contribution in [3.05, 3.63) is 53.2 Å². The van der Waals surface area contributed by atoms with Crippen LogP contribution in [-0.4, -0.2) is 34.2 Å². The Hall–Kier alpha value is -3.02. The largest absolute Gasteiger partial charge is 0.332 e. The molecular formula is C20H21N3O3. The number of fused-ring (bicyclic) bond motifs is 1. The second kappa shape index (κ2) is 7.47. The van der Waals surface area contributed by atoms with Crippen molar-refractivity contribution in [2.75, 3.05) is 0 Å². The minimum Gasteiger partial charge on any atom is -0.332 e. The molecule has 0 radical (unpaired) electrons. The van der Waals surface area contributed by atoms with Crippen molar-refractivity contribution in [2.24, 2.45) is 0 Å². The highest BCUT2D eigenvalue weighted by Gasteiger charge is 2.31. The van der Waals surface area contributed by atoms with Crippen molar-refractivity contribution in [3.63, 3.8) is 0 Å². The number of imide groups is 1. The van der Waals surface area contributed by atoms with Crippen molar-refractivity contribution in [2.45, 2.75) is 39.3 Å². The quantitative estimate of drug-likeness (QED) is 0.811. The van der Waals surface area contributed by atoms with Crippen LogP contribution in [0.5, 0.6) is 0 Å². The molecule has 2 heterocycles. The molecule has 1 aromatic carbocycles. The van der Waals surface area contributed by atoms with Gasteiger partial charge in [-0.15, -0.1) is 0 Å². The molecule has 0 spiro atoms. The average Bonchev–Trinajstić information content (AvgIpc) is 2.96. The third-order valence-corrected chi connectivity index (χ3v) is 4.76. The summed E-state index contributed by atoms with van der Waals surface area (Å²) in [4.78, 5) is 40.7. The molecule has 1 N–H and O–H groups in total. The van der Waals surface area contributed by atoms with Gasteiger partial charge < -0.3 is 4.90 Å². The molecule has 0 aliphatic carbocycles. The molecule has 0 bridgehead atoms. The summed E-state index contributed by atoms with van der Waals surface area (Å²) in [6.45, 7) is 4.42. The van der Waals surface area contributed by atoms with E-state index in [-0.39, 0.29) is 24.3 Å². The van der Waals surface area contributed by atoms with Crippen LogP contribution in [0.3, 0.4) is 0 Å². The Kier molecular flexibility index (Phi) is 5.11. The van der Waals surface area contributed by atoms with Crippen LogP contribution in [0.2, 0.25) is 0 Å². The Labute approximate surface area is 152 Å². The molecular weight excluding hydrogens is 330 g/mol. The molecule has 1 aromatic heterocycles. The molecule has 1 aliphatic rings. The van der Waals surface area contributed by atoms with Crippen LogP contribution in [0.1, 0.15) is 41.3 Å². The average molecular weight is 351 g/mol. The first-order chi connectivity index (χ1) is 12.5. The number of aromatic nitrogens is 1. The van der Waals surface area contributed by atoms with Gasteiger partial charge in [-0.1, -0.05) is 6.07 Å². The number of pyridine rings is 1. The van der Waals surface area contributed by atoms with E-state index in [1.165, 1.54) is 0 Å². The monoisotopic (exact) mass is 351 g/mol. The fourth-order valence-corrected chi connectivity index (χ4v) is 3.28. The van der Waals surface area contributed by atoms with Gasteiger partial charge in [-0.25, -0.2) is 0 Å². The van der Waals surface area contributed by atoms with E-state index in [4.69, 9.17) is 0 Å². The predicted molar refractivity (Wildman–Crippen MR) is 97.2 cm³/mol.